The second-order valence-electron chi connectivity index (χ2n) is 4.16. The Hall–Kier alpha value is -1.94. The number of nitrogens with zero attached hydrogens (tertiary/aromatic N) is 2. The maximum Gasteiger partial charge on any atom is 0.241 e. The van der Waals surface area contributed by atoms with Crippen molar-refractivity contribution in [3.8, 4) is 11.6 Å². The molecule has 0 saturated heterocycles. The third-order valence-electron chi connectivity index (χ3n) is 2.71. The number of para-hydroxylation sites is 2. The predicted molar refractivity (Wildman–Crippen MR) is 78.5 cm³/mol. The molecule has 3 aromatic rings. The Labute approximate surface area is 119 Å². The number of fused-ring (bicyclic) bond motifs is 1. The summed E-state index contributed by atoms with van der Waals surface area (Å²) in [4.78, 5) is 8.99. The lowest BCUT2D eigenvalue weighted by Crippen LogP contribution is -1.95. The summed E-state index contributed by atoms with van der Waals surface area (Å²) in [5, 5.41) is 0. The highest BCUT2D eigenvalue weighted by molar-refractivity contribution is 9.10. The molecule has 19 heavy (non-hydrogen) atoms. The number of aryl methyl sites for hydroxylation is 1. The molecule has 3 nitrogen and oxygen atoms in total. The zero-order valence-electron chi connectivity index (χ0n) is 10.3. The first-order valence-corrected chi connectivity index (χ1v) is 6.68. The Kier molecular flexibility index (Phi) is 3.17. The number of rotatable bonds is 2. The number of ether oxygens (including phenoxy) is 1. The van der Waals surface area contributed by atoms with Crippen molar-refractivity contribution in [2.24, 2.45) is 0 Å². The van der Waals surface area contributed by atoms with Crippen LogP contribution in [0.1, 0.15) is 5.69 Å². The molecule has 0 fully saturated rings. The van der Waals surface area contributed by atoms with Crippen LogP contribution < -0.4 is 4.74 Å². The summed E-state index contributed by atoms with van der Waals surface area (Å²) in [5.41, 5.74) is 2.48. The van der Waals surface area contributed by atoms with Gasteiger partial charge in [0.25, 0.3) is 0 Å². The molecule has 0 saturated carbocycles. The average Bonchev–Trinajstić information content (AvgIpc) is 2.40. The molecule has 0 radical (unpaired) electrons. The molecule has 0 amide bonds. The fraction of sp³-hybridized carbons (Fsp3) is 0.0667. The van der Waals surface area contributed by atoms with Gasteiger partial charge in [-0.05, 0) is 37.3 Å². The van der Waals surface area contributed by atoms with Crippen molar-refractivity contribution in [1.29, 1.82) is 0 Å². The third kappa shape index (κ3) is 2.58. The van der Waals surface area contributed by atoms with Crippen molar-refractivity contribution in [3.05, 3.63) is 58.7 Å². The molecule has 0 aliphatic heterocycles. The Balaban J connectivity index is 2.03. The van der Waals surface area contributed by atoms with E-state index in [9.17, 15) is 0 Å². The average molecular weight is 315 g/mol. The lowest BCUT2D eigenvalue weighted by atomic mass is 10.3. The van der Waals surface area contributed by atoms with E-state index < -0.39 is 0 Å². The molecular formula is C15H11BrN2O. The summed E-state index contributed by atoms with van der Waals surface area (Å²) >= 11 is 3.42. The van der Waals surface area contributed by atoms with Crippen LogP contribution in [-0.4, -0.2) is 9.97 Å². The van der Waals surface area contributed by atoms with Crippen LogP contribution in [0.4, 0.5) is 0 Å². The van der Waals surface area contributed by atoms with Crippen molar-refractivity contribution in [3.63, 3.8) is 0 Å². The van der Waals surface area contributed by atoms with Gasteiger partial charge in [0, 0.05) is 4.47 Å². The van der Waals surface area contributed by atoms with Gasteiger partial charge in [0.1, 0.15) is 11.4 Å². The summed E-state index contributed by atoms with van der Waals surface area (Å²) in [6.45, 7) is 1.90. The molecule has 3 rings (SSSR count). The summed E-state index contributed by atoms with van der Waals surface area (Å²) in [7, 11) is 0. The van der Waals surface area contributed by atoms with Gasteiger partial charge in [0.2, 0.25) is 5.88 Å². The number of aromatic nitrogens is 2. The van der Waals surface area contributed by atoms with E-state index in [0.717, 1.165) is 26.9 Å². The number of benzene rings is 2. The smallest absolute Gasteiger partial charge is 0.241 e. The highest BCUT2D eigenvalue weighted by atomic mass is 79.9. The first kappa shape index (κ1) is 12.1. The molecule has 1 heterocycles. The first-order valence-electron chi connectivity index (χ1n) is 5.89. The van der Waals surface area contributed by atoms with E-state index >= 15 is 0 Å². The minimum Gasteiger partial charge on any atom is -0.437 e. The van der Waals surface area contributed by atoms with Gasteiger partial charge in [-0.15, -0.1) is 0 Å². The maximum absolute atomic E-state index is 5.79. The maximum atomic E-state index is 5.79. The van der Waals surface area contributed by atoms with Crippen LogP contribution >= 0.6 is 15.9 Å². The molecule has 0 unspecified atom stereocenters. The zero-order chi connectivity index (χ0) is 13.2. The van der Waals surface area contributed by atoms with Gasteiger partial charge in [0.15, 0.2) is 0 Å². The van der Waals surface area contributed by atoms with E-state index in [4.69, 9.17) is 4.74 Å². The number of halogens is 1. The topological polar surface area (TPSA) is 35.0 Å². The SMILES string of the molecule is Cc1nc2ccccc2nc1Oc1cccc(Br)c1. The Morgan fingerprint density at radius 1 is 0.947 bits per heavy atom. The van der Waals surface area contributed by atoms with Gasteiger partial charge in [-0.1, -0.05) is 34.1 Å². The standard InChI is InChI=1S/C15H11BrN2O/c1-10-15(19-12-6-4-5-11(16)9-12)18-14-8-3-2-7-13(14)17-10/h2-9H,1H3. The van der Waals surface area contributed by atoms with Crippen LogP contribution in [0.2, 0.25) is 0 Å². The summed E-state index contributed by atoms with van der Waals surface area (Å²) in [6.07, 6.45) is 0. The fourth-order valence-corrected chi connectivity index (χ4v) is 2.19. The molecule has 2 aromatic carbocycles. The van der Waals surface area contributed by atoms with E-state index in [-0.39, 0.29) is 0 Å². The summed E-state index contributed by atoms with van der Waals surface area (Å²) in [6, 6.07) is 15.4. The van der Waals surface area contributed by atoms with Crippen molar-refractivity contribution >= 4 is 27.0 Å². The fourth-order valence-electron chi connectivity index (χ4n) is 1.81. The van der Waals surface area contributed by atoms with E-state index in [1.807, 2.05) is 55.5 Å². The monoisotopic (exact) mass is 314 g/mol. The quantitative estimate of drug-likeness (QED) is 0.699. The lowest BCUT2D eigenvalue weighted by Gasteiger charge is -2.08. The van der Waals surface area contributed by atoms with Gasteiger partial charge in [0.05, 0.1) is 11.0 Å². The molecule has 0 bridgehead atoms. The Bertz CT molecular complexity index is 743. The van der Waals surface area contributed by atoms with Crippen molar-refractivity contribution < 1.29 is 4.74 Å². The van der Waals surface area contributed by atoms with E-state index in [1.165, 1.54) is 0 Å². The molecular weight excluding hydrogens is 304 g/mol. The third-order valence-corrected chi connectivity index (χ3v) is 3.21. The second-order valence-corrected chi connectivity index (χ2v) is 5.08. The minimum atomic E-state index is 0.539. The predicted octanol–water partition coefficient (Wildman–Crippen LogP) is 4.49. The second kappa shape index (κ2) is 4.97. The van der Waals surface area contributed by atoms with Gasteiger partial charge >= 0.3 is 0 Å². The summed E-state index contributed by atoms with van der Waals surface area (Å²) < 4.78 is 6.76. The molecule has 1 aromatic heterocycles. The number of hydrogen-bond donors (Lipinski definition) is 0. The minimum absolute atomic E-state index is 0.539. The highest BCUT2D eigenvalue weighted by Crippen LogP contribution is 2.26. The molecule has 94 valence electrons. The van der Waals surface area contributed by atoms with Crippen molar-refractivity contribution in [2.75, 3.05) is 0 Å². The lowest BCUT2D eigenvalue weighted by molar-refractivity contribution is 0.458. The van der Waals surface area contributed by atoms with E-state index in [0.29, 0.717) is 5.88 Å². The highest BCUT2D eigenvalue weighted by Gasteiger charge is 2.07. The largest absolute Gasteiger partial charge is 0.437 e. The molecule has 4 heteroatoms. The van der Waals surface area contributed by atoms with Crippen molar-refractivity contribution in [2.45, 2.75) is 6.92 Å². The van der Waals surface area contributed by atoms with Crippen LogP contribution in [0.5, 0.6) is 11.6 Å². The van der Waals surface area contributed by atoms with Crippen LogP contribution in [0, 0.1) is 6.92 Å². The normalized spacial score (nSPS) is 10.6. The first-order chi connectivity index (χ1) is 9.22. The van der Waals surface area contributed by atoms with Crippen LogP contribution in [0.15, 0.2) is 53.0 Å². The van der Waals surface area contributed by atoms with E-state index in [2.05, 4.69) is 25.9 Å². The number of hydrogen-bond acceptors (Lipinski definition) is 3. The molecule has 0 spiro atoms. The Morgan fingerprint density at radius 2 is 1.68 bits per heavy atom. The van der Waals surface area contributed by atoms with Crippen LogP contribution in [0.3, 0.4) is 0 Å². The van der Waals surface area contributed by atoms with Gasteiger partial charge in [-0.25, -0.2) is 9.97 Å². The summed E-state index contributed by atoms with van der Waals surface area (Å²) in [5.74, 6) is 1.28. The van der Waals surface area contributed by atoms with Gasteiger partial charge < -0.3 is 4.74 Å². The van der Waals surface area contributed by atoms with Crippen LogP contribution in [0.25, 0.3) is 11.0 Å². The van der Waals surface area contributed by atoms with Gasteiger partial charge in [-0.2, -0.15) is 0 Å². The van der Waals surface area contributed by atoms with E-state index in [1.54, 1.807) is 0 Å². The molecule has 0 N–H and O–H groups in total. The molecule has 0 atom stereocenters. The van der Waals surface area contributed by atoms with Crippen molar-refractivity contribution in [1.82, 2.24) is 9.97 Å². The Morgan fingerprint density at radius 3 is 2.42 bits per heavy atom. The van der Waals surface area contributed by atoms with Gasteiger partial charge in [-0.3, -0.25) is 0 Å². The van der Waals surface area contributed by atoms with Crippen LogP contribution in [-0.2, 0) is 0 Å². The zero-order valence-corrected chi connectivity index (χ0v) is 11.9. The molecule has 0 aliphatic carbocycles. The molecule has 0 aliphatic rings.